The van der Waals surface area contributed by atoms with E-state index in [0.29, 0.717) is 18.3 Å². The number of rotatable bonds is 7. The lowest BCUT2D eigenvalue weighted by molar-refractivity contribution is -0.139. The molecule has 26 heavy (non-hydrogen) atoms. The van der Waals surface area contributed by atoms with Crippen LogP contribution in [0.3, 0.4) is 0 Å². The minimum atomic E-state index is -4.45. The number of benzene rings is 1. The molecule has 0 spiro atoms. The van der Waals surface area contributed by atoms with Gasteiger partial charge in [-0.05, 0) is 49.9 Å². The Hall–Kier alpha value is -1.47. The van der Waals surface area contributed by atoms with E-state index in [1.807, 2.05) is 0 Å². The summed E-state index contributed by atoms with van der Waals surface area (Å²) in [5, 5.41) is 6.02. The summed E-state index contributed by atoms with van der Waals surface area (Å²) in [5.74, 6) is 0.543. The molecular formula is C18H26ClF3N2O2. The van der Waals surface area contributed by atoms with E-state index in [9.17, 15) is 18.0 Å². The maximum atomic E-state index is 12.9. The second kappa shape index (κ2) is 10.6. The Morgan fingerprint density at radius 3 is 2.62 bits per heavy atom. The molecule has 0 aliphatic carbocycles. The second-order valence-electron chi connectivity index (χ2n) is 6.46. The van der Waals surface area contributed by atoms with E-state index in [4.69, 9.17) is 4.74 Å². The normalized spacial score (nSPS) is 16.5. The Labute approximate surface area is 158 Å². The van der Waals surface area contributed by atoms with E-state index in [1.54, 1.807) is 0 Å². The van der Waals surface area contributed by atoms with Crippen molar-refractivity contribution in [1.82, 2.24) is 10.6 Å². The SMILES string of the molecule is CC(CC(=O)NCCOc1ccccc1C(F)(F)F)C1CCNCC1.Cl. The summed E-state index contributed by atoms with van der Waals surface area (Å²) < 4.78 is 43.7. The van der Waals surface area contributed by atoms with Gasteiger partial charge in [-0.25, -0.2) is 0 Å². The predicted molar refractivity (Wildman–Crippen MR) is 96.6 cm³/mol. The van der Waals surface area contributed by atoms with Crippen LogP contribution < -0.4 is 15.4 Å². The zero-order valence-corrected chi connectivity index (χ0v) is 15.6. The average Bonchev–Trinajstić information content (AvgIpc) is 2.59. The van der Waals surface area contributed by atoms with Crippen LogP contribution in [0.25, 0.3) is 0 Å². The molecule has 1 amide bonds. The first-order valence-corrected chi connectivity index (χ1v) is 8.64. The number of halogens is 4. The quantitative estimate of drug-likeness (QED) is 0.694. The standard InChI is InChI=1S/C18H25F3N2O2.ClH/c1-13(14-6-8-22-9-7-14)12-17(24)23-10-11-25-16-5-3-2-4-15(16)18(19,20)21;/h2-5,13-14,22H,6-12H2,1H3,(H,23,24);1H. The fraction of sp³-hybridized carbons (Fsp3) is 0.611. The highest BCUT2D eigenvalue weighted by molar-refractivity contribution is 5.85. The molecule has 2 rings (SSSR count). The van der Waals surface area contributed by atoms with Crippen LogP contribution in [0.15, 0.2) is 24.3 Å². The maximum absolute atomic E-state index is 12.9. The number of carbonyl (C=O) groups excluding carboxylic acids is 1. The number of hydrogen-bond donors (Lipinski definition) is 2. The van der Waals surface area contributed by atoms with Crippen LogP contribution in [0.5, 0.6) is 5.75 Å². The maximum Gasteiger partial charge on any atom is 0.419 e. The third-order valence-corrected chi connectivity index (χ3v) is 4.57. The third-order valence-electron chi connectivity index (χ3n) is 4.57. The van der Waals surface area contributed by atoms with Crippen molar-refractivity contribution < 1.29 is 22.7 Å². The van der Waals surface area contributed by atoms with E-state index < -0.39 is 11.7 Å². The van der Waals surface area contributed by atoms with Gasteiger partial charge in [-0.1, -0.05) is 19.1 Å². The van der Waals surface area contributed by atoms with Gasteiger partial charge in [-0.3, -0.25) is 4.79 Å². The van der Waals surface area contributed by atoms with Gasteiger partial charge in [-0.2, -0.15) is 13.2 Å². The van der Waals surface area contributed by atoms with Crippen LogP contribution in [0.2, 0.25) is 0 Å². The summed E-state index contributed by atoms with van der Waals surface area (Å²) in [6, 6.07) is 5.07. The van der Waals surface area contributed by atoms with Crippen LogP contribution in [-0.4, -0.2) is 32.1 Å². The summed E-state index contributed by atoms with van der Waals surface area (Å²) in [6.07, 6.45) is -1.87. The Morgan fingerprint density at radius 2 is 1.96 bits per heavy atom. The third kappa shape index (κ3) is 7.03. The number of carbonyl (C=O) groups is 1. The molecule has 0 bridgehead atoms. The first-order chi connectivity index (χ1) is 11.9. The van der Waals surface area contributed by atoms with E-state index in [-0.39, 0.29) is 37.2 Å². The fourth-order valence-corrected chi connectivity index (χ4v) is 3.12. The number of piperidine rings is 1. The summed E-state index contributed by atoms with van der Waals surface area (Å²) >= 11 is 0. The smallest absolute Gasteiger partial charge is 0.419 e. The van der Waals surface area contributed by atoms with Gasteiger partial charge in [0, 0.05) is 6.42 Å². The summed E-state index contributed by atoms with van der Waals surface area (Å²) in [5.41, 5.74) is -0.805. The molecule has 0 saturated carbocycles. The van der Waals surface area contributed by atoms with Crippen LogP contribution in [0.1, 0.15) is 31.7 Å². The van der Waals surface area contributed by atoms with E-state index >= 15 is 0 Å². The molecule has 148 valence electrons. The zero-order valence-electron chi connectivity index (χ0n) is 14.8. The lowest BCUT2D eigenvalue weighted by atomic mass is 9.84. The molecule has 1 heterocycles. The molecule has 8 heteroatoms. The van der Waals surface area contributed by atoms with Gasteiger partial charge in [0.15, 0.2) is 0 Å². The molecule has 1 aromatic rings. The molecule has 2 N–H and O–H groups in total. The van der Waals surface area contributed by atoms with Crippen LogP contribution in [0, 0.1) is 11.8 Å². The van der Waals surface area contributed by atoms with Crippen LogP contribution in [-0.2, 0) is 11.0 Å². The first-order valence-electron chi connectivity index (χ1n) is 8.64. The average molecular weight is 395 g/mol. The van der Waals surface area contributed by atoms with Gasteiger partial charge in [0.1, 0.15) is 12.4 Å². The minimum Gasteiger partial charge on any atom is -0.491 e. The lowest BCUT2D eigenvalue weighted by Gasteiger charge is -2.27. The molecule has 1 saturated heterocycles. The van der Waals surface area contributed by atoms with E-state index in [0.717, 1.165) is 32.0 Å². The van der Waals surface area contributed by atoms with Gasteiger partial charge in [0.05, 0.1) is 12.1 Å². The molecule has 1 aliphatic rings. The molecule has 1 unspecified atom stereocenters. The van der Waals surface area contributed by atoms with Crippen LogP contribution in [0.4, 0.5) is 13.2 Å². The minimum absolute atomic E-state index is 0. The van der Waals surface area contributed by atoms with Gasteiger partial charge >= 0.3 is 6.18 Å². The number of nitrogens with one attached hydrogen (secondary N) is 2. The Morgan fingerprint density at radius 1 is 1.31 bits per heavy atom. The highest BCUT2D eigenvalue weighted by Crippen LogP contribution is 2.35. The van der Waals surface area contributed by atoms with Crippen molar-refractivity contribution in [2.24, 2.45) is 11.8 Å². The number of para-hydroxylation sites is 1. The van der Waals surface area contributed by atoms with Crippen molar-refractivity contribution in [2.45, 2.75) is 32.4 Å². The Bertz CT molecular complexity index is 564. The molecule has 1 aromatic carbocycles. The largest absolute Gasteiger partial charge is 0.491 e. The highest BCUT2D eigenvalue weighted by Gasteiger charge is 2.33. The Balaban J connectivity index is 0.00000338. The fourth-order valence-electron chi connectivity index (χ4n) is 3.12. The molecule has 0 radical (unpaired) electrons. The summed E-state index contributed by atoms with van der Waals surface area (Å²) in [4.78, 5) is 12.0. The number of alkyl halides is 3. The molecule has 4 nitrogen and oxygen atoms in total. The van der Waals surface area contributed by atoms with E-state index in [1.165, 1.54) is 18.2 Å². The van der Waals surface area contributed by atoms with Gasteiger partial charge < -0.3 is 15.4 Å². The van der Waals surface area contributed by atoms with Gasteiger partial charge in [0.2, 0.25) is 5.91 Å². The molecule has 1 atom stereocenters. The van der Waals surface area contributed by atoms with Crippen molar-refractivity contribution in [1.29, 1.82) is 0 Å². The topological polar surface area (TPSA) is 50.4 Å². The monoisotopic (exact) mass is 394 g/mol. The zero-order chi connectivity index (χ0) is 18.3. The van der Waals surface area contributed by atoms with E-state index in [2.05, 4.69) is 17.6 Å². The van der Waals surface area contributed by atoms with Crippen molar-refractivity contribution in [2.75, 3.05) is 26.2 Å². The second-order valence-corrected chi connectivity index (χ2v) is 6.46. The number of hydrogen-bond acceptors (Lipinski definition) is 3. The molecule has 1 fully saturated rings. The highest BCUT2D eigenvalue weighted by atomic mass is 35.5. The van der Waals surface area contributed by atoms with Crippen LogP contribution >= 0.6 is 12.4 Å². The number of ether oxygens (including phenoxy) is 1. The van der Waals surface area contributed by atoms with Crippen molar-refractivity contribution in [3.05, 3.63) is 29.8 Å². The predicted octanol–water partition coefficient (Wildman–Crippen LogP) is 3.65. The first kappa shape index (κ1) is 22.6. The number of amides is 1. The Kier molecular flexibility index (Phi) is 9.22. The molecule has 0 aromatic heterocycles. The van der Waals surface area contributed by atoms with Gasteiger partial charge in [0.25, 0.3) is 0 Å². The summed E-state index contributed by atoms with van der Waals surface area (Å²) in [7, 11) is 0. The molecular weight excluding hydrogens is 369 g/mol. The lowest BCUT2D eigenvalue weighted by Crippen LogP contribution is -2.34. The van der Waals surface area contributed by atoms with Crippen molar-refractivity contribution in [3.63, 3.8) is 0 Å². The molecule has 1 aliphatic heterocycles. The van der Waals surface area contributed by atoms with Crippen molar-refractivity contribution >= 4 is 18.3 Å². The van der Waals surface area contributed by atoms with Crippen molar-refractivity contribution in [3.8, 4) is 5.75 Å². The summed E-state index contributed by atoms with van der Waals surface area (Å²) in [6.45, 7) is 4.24. The van der Waals surface area contributed by atoms with Gasteiger partial charge in [-0.15, -0.1) is 12.4 Å².